The molecule has 1 saturated heterocycles. The number of likely N-dealkylation sites (N-methyl/N-ethyl adjacent to an activating group) is 1. The maximum Gasteiger partial charge on any atom is 0.258 e. The Labute approximate surface area is 208 Å². The van der Waals surface area contributed by atoms with Crippen LogP contribution in [0.25, 0.3) is 22.0 Å². The zero-order valence-corrected chi connectivity index (χ0v) is 21.2. The van der Waals surface area contributed by atoms with Gasteiger partial charge in [0.25, 0.3) is 5.56 Å². The zero-order chi connectivity index (χ0) is 24.8. The summed E-state index contributed by atoms with van der Waals surface area (Å²) in [7, 11) is 4.33. The van der Waals surface area contributed by atoms with Crippen LogP contribution in [0.4, 0.5) is 0 Å². The monoisotopic (exact) mass is 473 g/mol. The highest BCUT2D eigenvalue weighted by molar-refractivity contribution is 5.96. The molecular formula is C29H39N5O. The number of unbranched alkanes of at least 4 members (excludes halogenated alkanes) is 2. The molecule has 2 heterocycles. The number of nitrogens with one attached hydrogen (secondary N) is 1. The van der Waals surface area contributed by atoms with Crippen LogP contribution >= 0.6 is 0 Å². The van der Waals surface area contributed by atoms with E-state index in [0.717, 1.165) is 48.8 Å². The van der Waals surface area contributed by atoms with Gasteiger partial charge in [-0.05, 0) is 82.0 Å². The van der Waals surface area contributed by atoms with E-state index in [1.165, 1.54) is 25.8 Å². The van der Waals surface area contributed by atoms with Gasteiger partial charge >= 0.3 is 0 Å². The third-order valence-corrected chi connectivity index (χ3v) is 7.14. The zero-order valence-electron chi connectivity index (χ0n) is 21.2. The van der Waals surface area contributed by atoms with Crippen molar-refractivity contribution in [2.24, 2.45) is 5.73 Å². The second-order valence-electron chi connectivity index (χ2n) is 10.1. The number of nitrogens with two attached hydrogens (primary N) is 1. The molecule has 1 aliphatic heterocycles. The maximum atomic E-state index is 13.6. The van der Waals surface area contributed by atoms with E-state index >= 15 is 0 Å². The van der Waals surface area contributed by atoms with Crippen LogP contribution < -0.4 is 11.3 Å². The molecule has 2 aromatic carbocycles. The van der Waals surface area contributed by atoms with Crippen molar-refractivity contribution in [3.05, 3.63) is 70.5 Å². The van der Waals surface area contributed by atoms with Crippen molar-refractivity contribution in [3.8, 4) is 11.1 Å². The number of nitrogens with zero attached hydrogens (tertiary/aromatic N) is 3. The van der Waals surface area contributed by atoms with Crippen molar-refractivity contribution in [2.45, 2.75) is 51.1 Å². The Kier molecular flexibility index (Phi) is 8.37. The van der Waals surface area contributed by atoms with E-state index in [1.807, 2.05) is 47.0 Å². The number of hydrogen-bond acceptors (Lipinski definition) is 4. The molecule has 1 atom stereocenters. The molecule has 4 rings (SSSR count). The summed E-state index contributed by atoms with van der Waals surface area (Å²) < 4.78 is 1.93. The Morgan fingerprint density at radius 1 is 1.03 bits per heavy atom. The number of piperidine rings is 1. The third kappa shape index (κ3) is 6.19. The quantitative estimate of drug-likeness (QED) is 0.257. The lowest BCUT2D eigenvalue weighted by Crippen LogP contribution is -2.45. The van der Waals surface area contributed by atoms with Gasteiger partial charge in [0.05, 0.1) is 5.52 Å². The molecule has 1 aromatic heterocycles. The molecule has 0 amide bonds. The Bertz CT molecular complexity index is 1220. The van der Waals surface area contributed by atoms with Crippen LogP contribution in [-0.2, 0) is 6.54 Å². The topological polar surface area (TPSA) is 78.3 Å². The van der Waals surface area contributed by atoms with Crippen molar-refractivity contribution in [3.63, 3.8) is 0 Å². The van der Waals surface area contributed by atoms with Gasteiger partial charge in [0.2, 0.25) is 0 Å². The first-order valence-corrected chi connectivity index (χ1v) is 12.9. The number of rotatable bonds is 10. The van der Waals surface area contributed by atoms with E-state index in [2.05, 4.69) is 30.0 Å². The van der Waals surface area contributed by atoms with Gasteiger partial charge in [0.15, 0.2) is 0 Å². The normalized spacial score (nSPS) is 16.7. The SMILES string of the molecule is CN(C)CC1CCCCN1CCCCCn1c(=O)c(-c2cccc(C(=N)N)c2)cc2ccccc21. The van der Waals surface area contributed by atoms with Gasteiger partial charge in [-0.2, -0.15) is 0 Å². The molecule has 0 spiro atoms. The fourth-order valence-corrected chi connectivity index (χ4v) is 5.35. The van der Waals surface area contributed by atoms with Gasteiger partial charge in [-0.3, -0.25) is 15.1 Å². The fraction of sp³-hybridized carbons (Fsp3) is 0.448. The van der Waals surface area contributed by atoms with Crippen LogP contribution in [0.5, 0.6) is 0 Å². The number of pyridine rings is 1. The average Bonchev–Trinajstić information content (AvgIpc) is 2.85. The first-order chi connectivity index (χ1) is 16.9. The molecule has 0 bridgehead atoms. The van der Waals surface area contributed by atoms with Crippen molar-refractivity contribution in [1.29, 1.82) is 5.41 Å². The predicted molar refractivity (Wildman–Crippen MR) is 146 cm³/mol. The lowest BCUT2D eigenvalue weighted by atomic mass is 10.0. The van der Waals surface area contributed by atoms with Crippen LogP contribution in [0, 0.1) is 5.41 Å². The molecule has 0 radical (unpaired) electrons. The molecular weight excluding hydrogens is 434 g/mol. The van der Waals surface area contributed by atoms with Gasteiger partial charge in [-0.15, -0.1) is 0 Å². The van der Waals surface area contributed by atoms with Crippen LogP contribution in [0.3, 0.4) is 0 Å². The number of para-hydroxylation sites is 1. The first kappa shape index (κ1) is 25.1. The Hall–Kier alpha value is -2.96. The van der Waals surface area contributed by atoms with Crippen molar-refractivity contribution >= 4 is 16.7 Å². The van der Waals surface area contributed by atoms with Crippen molar-refractivity contribution < 1.29 is 0 Å². The number of benzene rings is 2. The van der Waals surface area contributed by atoms with E-state index in [1.54, 1.807) is 6.07 Å². The molecule has 1 unspecified atom stereocenters. The molecule has 35 heavy (non-hydrogen) atoms. The van der Waals surface area contributed by atoms with Crippen LogP contribution in [-0.4, -0.2) is 60.0 Å². The third-order valence-electron chi connectivity index (χ3n) is 7.14. The van der Waals surface area contributed by atoms with Gasteiger partial charge in [-0.1, -0.05) is 49.2 Å². The summed E-state index contributed by atoms with van der Waals surface area (Å²) in [6.45, 7) is 4.20. The number of fused-ring (bicyclic) bond motifs is 1. The molecule has 3 N–H and O–H groups in total. The van der Waals surface area contributed by atoms with Gasteiger partial charge < -0.3 is 15.2 Å². The van der Waals surface area contributed by atoms with E-state index < -0.39 is 0 Å². The van der Waals surface area contributed by atoms with Gasteiger partial charge in [-0.25, -0.2) is 0 Å². The maximum absolute atomic E-state index is 13.6. The molecule has 6 heteroatoms. The summed E-state index contributed by atoms with van der Waals surface area (Å²) >= 11 is 0. The number of hydrogen-bond donors (Lipinski definition) is 2. The largest absolute Gasteiger partial charge is 0.384 e. The van der Waals surface area contributed by atoms with E-state index in [4.69, 9.17) is 11.1 Å². The standard InChI is InChI=1S/C29H39N5O/c1-32(2)21-25-14-6-9-17-33(25)16-7-3-8-18-34-27-15-5-4-11-23(27)20-26(29(34)35)22-12-10-13-24(19-22)28(30)31/h4-5,10-13,15,19-20,25H,3,6-9,14,16-18,21H2,1-2H3,(H3,30,31). The molecule has 0 saturated carbocycles. The van der Waals surface area contributed by atoms with E-state index in [9.17, 15) is 4.79 Å². The van der Waals surface area contributed by atoms with Crippen LogP contribution in [0.15, 0.2) is 59.4 Å². The van der Waals surface area contributed by atoms with Crippen molar-refractivity contribution in [1.82, 2.24) is 14.4 Å². The molecule has 186 valence electrons. The molecule has 3 aromatic rings. The van der Waals surface area contributed by atoms with Gasteiger partial charge in [0, 0.05) is 30.3 Å². The number of nitrogen functional groups attached to an aromatic ring is 1. The number of likely N-dealkylation sites (tertiary alicyclic amines) is 1. The Morgan fingerprint density at radius 2 is 1.83 bits per heavy atom. The number of aryl methyl sites for hydroxylation is 1. The lowest BCUT2D eigenvalue weighted by Gasteiger charge is -2.37. The minimum absolute atomic E-state index is 0.00879. The second kappa shape index (κ2) is 11.6. The summed E-state index contributed by atoms with van der Waals surface area (Å²) in [5.74, 6) is 0.00879. The predicted octanol–water partition coefficient (Wildman–Crippen LogP) is 4.54. The summed E-state index contributed by atoms with van der Waals surface area (Å²) in [6, 6.07) is 18.2. The smallest absolute Gasteiger partial charge is 0.258 e. The van der Waals surface area contributed by atoms with E-state index in [-0.39, 0.29) is 11.4 Å². The minimum Gasteiger partial charge on any atom is -0.384 e. The molecule has 0 aliphatic carbocycles. The number of aromatic nitrogens is 1. The highest BCUT2D eigenvalue weighted by Gasteiger charge is 2.22. The summed E-state index contributed by atoms with van der Waals surface area (Å²) in [5.41, 5.74) is 8.79. The molecule has 1 fully saturated rings. The minimum atomic E-state index is 0.00879. The summed E-state index contributed by atoms with van der Waals surface area (Å²) in [4.78, 5) is 18.6. The highest BCUT2D eigenvalue weighted by atomic mass is 16.1. The van der Waals surface area contributed by atoms with Crippen LogP contribution in [0.1, 0.15) is 44.1 Å². The van der Waals surface area contributed by atoms with Crippen LogP contribution in [0.2, 0.25) is 0 Å². The molecule has 1 aliphatic rings. The second-order valence-corrected chi connectivity index (χ2v) is 10.1. The Balaban J connectivity index is 1.47. The number of amidine groups is 1. The summed E-state index contributed by atoms with van der Waals surface area (Å²) in [5, 5.41) is 8.81. The molecule has 6 nitrogen and oxygen atoms in total. The van der Waals surface area contributed by atoms with Crippen molar-refractivity contribution in [2.75, 3.05) is 33.7 Å². The van der Waals surface area contributed by atoms with Gasteiger partial charge in [0.1, 0.15) is 5.84 Å². The Morgan fingerprint density at radius 3 is 2.63 bits per heavy atom. The fourth-order valence-electron chi connectivity index (χ4n) is 5.35. The first-order valence-electron chi connectivity index (χ1n) is 12.9. The van der Waals surface area contributed by atoms with E-state index in [0.29, 0.717) is 23.7 Å². The average molecular weight is 474 g/mol. The highest BCUT2D eigenvalue weighted by Crippen LogP contribution is 2.23. The summed E-state index contributed by atoms with van der Waals surface area (Å²) in [6.07, 6.45) is 7.21. The lowest BCUT2D eigenvalue weighted by molar-refractivity contribution is 0.119.